The molecule has 1 aliphatic rings. The van der Waals surface area contributed by atoms with Crippen molar-refractivity contribution in [1.82, 2.24) is 0 Å². The number of fused-ring (bicyclic) bond motifs is 1. The molecule has 1 aromatic heterocycles. The number of aliphatic hydroxyl groups excluding tert-OH is 1. The van der Waals surface area contributed by atoms with Crippen LogP contribution in [-0.4, -0.2) is 34.4 Å². The Hall–Kier alpha value is -3.39. The summed E-state index contributed by atoms with van der Waals surface area (Å²) in [5.41, 5.74) is 0.119. The molecule has 4 N–H and O–H groups in total. The van der Waals surface area contributed by atoms with Crippen molar-refractivity contribution in [2.24, 2.45) is 0 Å². The normalized spacial score (nSPS) is 21.0. The predicted octanol–water partition coefficient (Wildman–Crippen LogP) is 3.24. The first-order chi connectivity index (χ1) is 14.9. The second-order valence-corrected chi connectivity index (χ2v) is 7.41. The van der Waals surface area contributed by atoms with Gasteiger partial charge in [0.2, 0.25) is 0 Å². The Morgan fingerprint density at radius 3 is 2.58 bits per heavy atom. The van der Waals surface area contributed by atoms with Crippen molar-refractivity contribution < 1.29 is 29.3 Å². The average molecular weight is 421 g/mol. The van der Waals surface area contributed by atoms with E-state index < -0.39 is 17.6 Å². The minimum absolute atomic E-state index is 0.155. The summed E-state index contributed by atoms with van der Waals surface area (Å²) in [6.07, 6.45) is 0.449. The van der Waals surface area contributed by atoms with Crippen LogP contribution >= 0.6 is 0 Å². The van der Waals surface area contributed by atoms with Gasteiger partial charge in [0.05, 0.1) is 11.3 Å². The number of ether oxygens (including phenoxy) is 1. The monoisotopic (exact) mass is 421 g/mol. The topological polar surface area (TPSA) is 112 Å². The van der Waals surface area contributed by atoms with Crippen LogP contribution in [0.25, 0.3) is 11.6 Å². The van der Waals surface area contributed by atoms with Gasteiger partial charge in [0.1, 0.15) is 23.9 Å². The highest BCUT2D eigenvalue weighted by molar-refractivity contribution is 6.01. The number of carbonyl (C=O) groups excluding carboxylic acids is 1. The van der Waals surface area contributed by atoms with Gasteiger partial charge in [0.15, 0.2) is 11.7 Å². The number of rotatable bonds is 5. The maximum Gasteiger partial charge on any atom is 0.257 e. The van der Waals surface area contributed by atoms with Gasteiger partial charge in [-0.3, -0.25) is 4.79 Å². The van der Waals surface area contributed by atoms with Crippen molar-refractivity contribution in [3.05, 3.63) is 82.8 Å². The number of methoxy groups -OCH3 is 1. The molecule has 2 heterocycles. The number of anilines is 1. The largest absolute Gasteiger partial charge is 0.507 e. The van der Waals surface area contributed by atoms with Crippen molar-refractivity contribution in [3.8, 4) is 5.75 Å². The van der Waals surface area contributed by atoms with Gasteiger partial charge >= 0.3 is 0 Å². The van der Waals surface area contributed by atoms with Gasteiger partial charge in [-0.2, -0.15) is 0 Å². The fraction of sp³-hybridized carbons (Fsp3) is 0.208. The van der Waals surface area contributed by atoms with Crippen LogP contribution in [0, 0.1) is 0 Å². The van der Waals surface area contributed by atoms with Crippen LogP contribution in [0.5, 0.6) is 5.75 Å². The minimum Gasteiger partial charge on any atom is -0.507 e. The zero-order valence-electron chi connectivity index (χ0n) is 17.1. The number of hydrogen-bond acceptors (Lipinski definition) is 6. The van der Waals surface area contributed by atoms with Gasteiger partial charge in [-0.15, -0.1) is 0 Å². The van der Waals surface area contributed by atoms with E-state index in [1.165, 1.54) is 7.11 Å². The van der Waals surface area contributed by atoms with E-state index in [1.807, 2.05) is 6.92 Å². The SMILES string of the molecule is COC1C(=O)Nc2ccc(C=C(C)c3ccc(CO)o3)c(O)c2C1(O)c1ccccc1. The Morgan fingerprint density at radius 2 is 1.94 bits per heavy atom. The first kappa shape index (κ1) is 20.9. The van der Waals surface area contributed by atoms with Crippen LogP contribution in [0.15, 0.2) is 59.0 Å². The van der Waals surface area contributed by atoms with Crippen molar-refractivity contribution in [3.63, 3.8) is 0 Å². The smallest absolute Gasteiger partial charge is 0.257 e. The number of hydrogen-bond donors (Lipinski definition) is 4. The molecular formula is C24H23NO6. The lowest BCUT2D eigenvalue weighted by molar-refractivity contribution is -0.142. The number of phenolic OH excluding ortho intramolecular Hbond substituents is 1. The van der Waals surface area contributed by atoms with Gasteiger partial charge in [-0.25, -0.2) is 0 Å². The summed E-state index contributed by atoms with van der Waals surface area (Å²) < 4.78 is 10.9. The van der Waals surface area contributed by atoms with E-state index in [0.29, 0.717) is 33.9 Å². The number of aliphatic hydroxyl groups is 2. The number of carbonyl (C=O) groups is 1. The molecule has 0 bridgehead atoms. The highest BCUT2D eigenvalue weighted by Crippen LogP contribution is 2.48. The maximum absolute atomic E-state index is 12.6. The second kappa shape index (κ2) is 8.03. The van der Waals surface area contributed by atoms with E-state index in [-0.39, 0.29) is 17.9 Å². The molecule has 2 unspecified atom stereocenters. The van der Waals surface area contributed by atoms with Crippen molar-refractivity contribution in [2.75, 3.05) is 12.4 Å². The molecule has 3 aromatic rings. The first-order valence-electron chi connectivity index (χ1n) is 9.76. The van der Waals surface area contributed by atoms with Gasteiger partial charge < -0.3 is 29.8 Å². The number of aromatic hydroxyl groups is 1. The Kier molecular flexibility index (Phi) is 5.41. The number of phenols is 1. The number of furan rings is 1. The van der Waals surface area contributed by atoms with Crippen molar-refractivity contribution in [1.29, 1.82) is 0 Å². The second-order valence-electron chi connectivity index (χ2n) is 7.41. The quantitative estimate of drug-likeness (QED) is 0.503. The number of amides is 1. The summed E-state index contributed by atoms with van der Waals surface area (Å²) in [7, 11) is 1.34. The standard InChI is InChI=1S/C24H23NO6/c1-14(19-11-9-17(13-26)31-19)12-15-8-10-18-20(21(15)27)24(29,16-6-4-3-5-7-16)22(30-2)23(28)25-18/h3-12,22,26-27,29H,13H2,1-2H3,(H,25,28). The highest BCUT2D eigenvalue weighted by Gasteiger charge is 2.51. The number of nitrogens with one attached hydrogen (secondary N) is 1. The van der Waals surface area contributed by atoms with E-state index in [9.17, 15) is 20.1 Å². The zero-order chi connectivity index (χ0) is 22.2. The molecule has 1 aliphatic heterocycles. The van der Waals surface area contributed by atoms with E-state index in [4.69, 9.17) is 9.15 Å². The molecule has 2 aromatic carbocycles. The fourth-order valence-corrected chi connectivity index (χ4v) is 3.98. The molecule has 0 fully saturated rings. The summed E-state index contributed by atoms with van der Waals surface area (Å²) in [5.74, 6) is 0.288. The van der Waals surface area contributed by atoms with E-state index in [2.05, 4.69) is 5.32 Å². The molecule has 0 saturated heterocycles. The summed E-state index contributed by atoms with van der Waals surface area (Å²) in [6.45, 7) is 1.60. The Labute approximate surface area is 179 Å². The molecule has 7 nitrogen and oxygen atoms in total. The number of allylic oxidation sites excluding steroid dienone is 1. The van der Waals surface area contributed by atoms with E-state index in [0.717, 1.165) is 0 Å². The van der Waals surface area contributed by atoms with Gasteiger partial charge in [0, 0.05) is 12.7 Å². The van der Waals surface area contributed by atoms with E-state index in [1.54, 1.807) is 60.7 Å². The summed E-state index contributed by atoms with van der Waals surface area (Å²) in [6, 6.07) is 15.3. The molecule has 4 rings (SSSR count). The number of benzene rings is 2. The van der Waals surface area contributed by atoms with Crippen LogP contribution in [0.3, 0.4) is 0 Å². The molecular weight excluding hydrogens is 398 g/mol. The molecule has 31 heavy (non-hydrogen) atoms. The highest BCUT2D eigenvalue weighted by atomic mass is 16.5. The Bertz CT molecular complexity index is 1150. The molecule has 7 heteroatoms. The average Bonchev–Trinajstić information content (AvgIpc) is 3.26. The fourth-order valence-electron chi connectivity index (χ4n) is 3.98. The summed E-state index contributed by atoms with van der Waals surface area (Å²) in [4.78, 5) is 12.6. The van der Waals surface area contributed by atoms with E-state index >= 15 is 0 Å². The lowest BCUT2D eigenvalue weighted by atomic mass is 9.76. The first-order valence-corrected chi connectivity index (χ1v) is 9.76. The zero-order valence-corrected chi connectivity index (χ0v) is 17.1. The predicted molar refractivity (Wildman–Crippen MR) is 115 cm³/mol. The van der Waals surface area contributed by atoms with Crippen LogP contribution < -0.4 is 5.32 Å². The molecule has 160 valence electrons. The van der Waals surface area contributed by atoms with Crippen LogP contribution in [0.1, 0.15) is 35.1 Å². The van der Waals surface area contributed by atoms with Crippen molar-refractivity contribution in [2.45, 2.75) is 25.2 Å². The van der Waals surface area contributed by atoms with Crippen LogP contribution in [-0.2, 0) is 21.7 Å². The molecule has 0 saturated carbocycles. The maximum atomic E-state index is 12.6. The third-order valence-electron chi connectivity index (χ3n) is 5.49. The van der Waals surface area contributed by atoms with Crippen LogP contribution in [0.4, 0.5) is 5.69 Å². The van der Waals surface area contributed by atoms with Gasteiger partial charge in [-0.1, -0.05) is 30.3 Å². The third-order valence-corrected chi connectivity index (χ3v) is 5.49. The summed E-state index contributed by atoms with van der Waals surface area (Å²) in [5, 5.41) is 34.9. The van der Waals surface area contributed by atoms with Crippen LogP contribution in [0.2, 0.25) is 0 Å². The van der Waals surface area contributed by atoms with Gasteiger partial charge in [0.25, 0.3) is 5.91 Å². The molecule has 1 amide bonds. The molecule has 2 atom stereocenters. The Morgan fingerprint density at radius 1 is 1.19 bits per heavy atom. The third kappa shape index (κ3) is 3.42. The molecule has 0 spiro atoms. The molecule has 0 radical (unpaired) electrons. The lowest BCUT2D eigenvalue weighted by Crippen LogP contribution is -2.52. The van der Waals surface area contributed by atoms with Crippen molar-refractivity contribution >= 4 is 23.2 Å². The Balaban J connectivity index is 1.89. The lowest BCUT2D eigenvalue weighted by Gasteiger charge is -2.40. The molecule has 0 aliphatic carbocycles. The summed E-state index contributed by atoms with van der Waals surface area (Å²) >= 11 is 0. The van der Waals surface area contributed by atoms with Gasteiger partial charge in [-0.05, 0) is 48.4 Å². The minimum atomic E-state index is -1.90.